The standard InChI is InChI=1S/C14H9Cl2N3OS/c15-8-6-9(16)14(13-12(8)17-21-18-13)19-5-4-7-10(19)2-1-3-11(7)20/h4-6H,1-3H2. The summed E-state index contributed by atoms with van der Waals surface area (Å²) in [6, 6.07) is 3.53. The minimum absolute atomic E-state index is 0.188. The lowest BCUT2D eigenvalue weighted by Gasteiger charge is -2.16. The fourth-order valence-corrected chi connectivity index (χ4v) is 4.02. The monoisotopic (exact) mass is 337 g/mol. The maximum Gasteiger partial charge on any atom is 0.164 e. The Balaban J connectivity index is 2.04. The van der Waals surface area contributed by atoms with Crippen molar-refractivity contribution >= 4 is 51.7 Å². The van der Waals surface area contributed by atoms with E-state index in [0.29, 0.717) is 27.5 Å². The number of nitrogens with zero attached hydrogens (tertiary/aromatic N) is 3. The van der Waals surface area contributed by atoms with E-state index < -0.39 is 0 Å². The first-order chi connectivity index (χ1) is 10.2. The molecule has 106 valence electrons. The number of aromatic nitrogens is 3. The highest BCUT2D eigenvalue weighted by Gasteiger charge is 2.24. The van der Waals surface area contributed by atoms with Crippen molar-refractivity contribution in [2.24, 2.45) is 0 Å². The predicted octanol–water partition coefficient (Wildman–Crippen LogP) is 4.31. The summed E-state index contributed by atoms with van der Waals surface area (Å²) in [5.41, 5.74) is 3.84. The smallest absolute Gasteiger partial charge is 0.164 e. The molecule has 21 heavy (non-hydrogen) atoms. The fourth-order valence-electron chi connectivity index (χ4n) is 2.83. The van der Waals surface area contributed by atoms with Crippen LogP contribution in [0.1, 0.15) is 28.9 Å². The average molecular weight is 338 g/mol. The maximum absolute atomic E-state index is 12.0. The summed E-state index contributed by atoms with van der Waals surface area (Å²) in [6.45, 7) is 0. The molecule has 2 heterocycles. The molecule has 7 heteroatoms. The van der Waals surface area contributed by atoms with E-state index in [1.54, 1.807) is 6.07 Å². The Morgan fingerprint density at radius 3 is 2.81 bits per heavy atom. The van der Waals surface area contributed by atoms with Gasteiger partial charge in [-0.05, 0) is 25.0 Å². The second-order valence-electron chi connectivity index (χ2n) is 4.97. The van der Waals surface area contributed by atoms with Gasteiger partial charge in [0.25, 0.3) is 0 Å². The minimum atomic E-state index is 0.188. The van der Waals surface area contributed by atoms with Gasteiger partial charge in [-0.25, -0.2) is 0 Å². The van der Waals surface area contributed by atoms with Crippen LogP contribution in [0.4, 0.5) is 0 Å². The first-order valence-corrected chi connectivity index (χ1v) is 7.99. The third-order valence-corrected chi connectivity index (χ3v) is 4.87. The van der Waals surface area contributed by atoms with Crippen LogP contribution in [0.5, 0.6) is 0 Å². The Kier molecular flexibility index (Phi) is 3.03. The molecule has 0 spiro atoms. The van der Waals surface area contributed by atoms with Gasteiger partial charge >= 0.3 is 0 Å². The number of hydrogen-bond acceptors (Lipinski definition) is 4. The Hall–Kier alpha value is -1.43. The maximum atomic E-state index is 12.0. The third-order valence-electron chi connectivity index (χ3n) is 3.77. The predicted molar refractivity (Wildman–Crippen MR) is 84.0 cm³/mol. The van der Waals surface area contributed by atoms with Crippen LogP contribution in [-0.2, 0) is 6.42 Å². The van der Waals surface area contributed by atoms with E-state index in [2.05, 4.69) is 8.75 Å². The number of fused-ring (bicyclic) bond motifs is 2. The Morgan fingerprint density at radius 2 is 1.95 bits per heavy atom. The summed E-state index contributed by atoms with van der Waals surface area (Å²) in [4.78, 5) is 12.0. The number of halogens is 2. The fraction of sp³-hybridized carbons (Fsp3) is 0.214. The molecule has 1 aliphatic carbocycles. The summed E-state index contributed by atoms with van der Waals surface area (Å²) in [7, 11) is 0. The number of rotatable bonds is 1. The van der Waals surface area contributed by atoms with E-state index >= 15 is 0 Å². The molecule has 0 bridgehead atoms. The van der Waals surface area contributed by atoms with E-state index in [4.69, 9.17) is 23.2 Å². The van der Waals surface area contributed by atoms with Crippen LogP contribution in [0.2, 0.25) is 10.0 Å². The zero-order valence-electron chi connectivity index (χ0n) is 10.8. The molecule has 3 aromatic rings. The molecule has 0 fully saturated rings. The second kappa shape index (κ2) is 4.80. The third kappa shape index (κ3) is 1.92. The van der Waals surface area contributed by atoms with Crippen molar-refractivity contribution in [3.63, 3.8) is 0 Å². The SMILES string of the molecule is O=C1CCCc2c1ccn2-c1c(Cl)cc(Cl)c2nsnc12. The average Bonchev–Trinajstić information content (AvgIpc) is 3.07. The van der Waals surface area contributed by atoms with E-state index in [0.717, 1.165) is 41.5 Å². The molecule has 4 nitrogen and oxygen atoms in total. The van der Waals surface area contributed by atoms with E-state index in [1.807, 2.05) is 16.8 Å². The lowest BCUT2D eigenvalue weighted by Crippen LogP contribution is -2.12. The topological polar surface area (TPSA) is 47.8 Å². The van der Waals surface area contributed by atoms with Crippen molar-refractivity contribution in [2.45, 2.75) is 19.3 Å². The number of hydrogen-bond donors (Lipinski definition) is 0. The van der Waals surface area contributed by atoms with Crippen LogP contribution in [-0.4, -0.2) is 19.1 Å². The van der Waals surface area contributed by atoms with Crippen LogP contribution in [0.15, 0.2) is 18.3 Å². The molecule has 1 aromatic carbocycles. The largest absolute Gasteiger partial charge is 0.317 e. The van der Waals surface area contributed by atoms with Crippen molar-refractivity contribution in [3.8, 4) is 5.69 Å². The molecule has 0 aliphatic heterocycles. The van der Waals surface area contributed by atoms with Crippen LogP contribution in [0.3, 0.4) is 0 Å². The Labute approximate surface area is 134 Å². The van der Waals surface area contributed by atoms with Gasteiger partial charge in [-0.1, -0.05) is 23.2 Å². The van der Waals surface area contributed by atoms with Gasteiger partial charge in [-0.2, -0.15) is 8.75 Å². The van der Waals surface area contributed by atoms with Gasteiger partial charge in [-0.15, -0.1) is 0 Å². The number of carbonyl (C=O) groups is 1. The first-order valence-electron chi connectivity index (χ1n) is 6.51. The number of ketones is 1. The first kappa shape index (κ1) is 13.2. The van der Waals surface area contributed by atoms with Crippen molar-refractivity contribution in [2.75, 3.05) is 0 Å². The summed E-state index contributed by atoms with van der Waals surface area (Å²) >= 11 is 13.6. The molecule has 0 saturated heterocycles. The van der Waals surface area contributed by atoms with Crippen LogP contribution < -0.4 is 0 Å². The van der Waals surface area contributed by atoms with Crippen molar-refractivity contribution in [1.29, 1.82) is 0 Å². The minimum Gasteiger partial charge on any atom is -0.317 e. The molecule has 0 unspecified atom stereocenters. The number of benzene rings is 1. The van der Waals surface area contributed by atoms with Crippen molar-refractivity contribution < 1.29 is 4.79 Å². The van der Waals surface area contributed by atoms with Gasteiger partial charge in [0.1, 0.15) is 11.0 Å². The van der Waals surface area contributed by atoms with Crippen molar-refractivity contribution in [1.82, 2.24) is 13.3 Å². The quantitative estimate of drug-likeness (QED) is 0.664. The molecule has 1 aliphatic rings. The molecule has 2 aromatic heterocycles. The van der Waals surface area contributed by atoms with Crippen molar-refractivity contribution in [3.05, 3.63) is 39.6 Å². The summed E-state index contributed by atoms with van der Waals surface area (Å²) < 4.78 is 10.5. The highest BCUT2D eigenvalue weighted by Crippen LogP contribution is 2.36. The zero-order valence-corrected chi connectivity index (χ0v) is 13.1. The van der Waals surface area contributed by atoms with E-state index in [-0.39, 0.29) is 5.78 Å². The van der Waals surface area contributed by atoms with Crippen LogP contribution >= 0.6 is 34.9 Å². The summed E-state index contributed by atoms with van der Waals surface area (Å²) in [5.74, 6) is 0.188. The van der Waals surface area contributed by atoms with Gasteiger partial charge < -0.3 is 4.57 Å². The molecule has 0 saturated carbocycles. The van der Waals surface area contributed by atoms with Gasteiger partial charge in [-0.3, -0.25) is 4.79 Å². The van der Waals surface area contributed by atoms with Gasteiger partial charge in [0, 0.05) is 23.9 Å². The highest BCUT2D eigenvalue weighted by molar-refractivity contribution is 7.00. The van der Waals surface area contributed by atoms with Gasteiger partial charge in [0.05, 0.1) is 27.5 Å². The Bertz CT molecular complexity index is 884. The molecule has 0 N–H and O–H groups in total. The molecule has 4 rings (SSSR count). The summed E-state index contributed by atoms with van der Waals surface area (Å²) in [5, 5.41) is 1.00. The van der Waals surface area contributed by atoms with Crippen LogP contribution in [0.25, 0.3) is 16.7 Å². The lowest BCUT2D eigenvalue weighted by atomic mass is 9.96. The Morgan fingerprint density at radius 1 is 1.14 bits per heavy atom. The molecule has 0 amide bonds. The summed E-state index contributed by atoms with van der Waals surface area (Å²) in [6.07, 6.45) is 4.20. The molecular formula is C14H9Cl2N3OS. The highest BCUT2D eigenvalue weighted by atomic mass is 35.5. The molecular weight excluding hydrogens is 329 g/mol. The molecule has 0 atom stereocenters. The van der Waals surface area contributed by atoms with E-state index in [9.17, 15) is 4.79 Å². The van der Waals surface area contributed by atoms with Gasteiger partial charge in [0.15, 0.2) is 5.78 Å². The van der Waals surface area contributed by atoms with E-state index in [1.165, 1.54) is 0 Å². The van der Waals surface area contributed by atoms with Gasteiger partial charge in [0.2, 0.25) is 0 Å². The molecule has 0 radical (unpaired) electrons. The van der Waals surface area contributed by atoms with Crippen LogP contribution in [0, 0.1) is 0 Å². The number of carbonyl (C=O) groups excluding carboxylic acids is 1. The number of Topliss-reactive ketones (excluding diaryl/α,β-unsaturated/α-hetero) is 1. The lowest BCUT2D eigenvalue weighted by molar-refractivity contribution is 0.0972. The second-order valence-corrected chi connectivity index (χ2v) is 6.32. The zero-order chi connectivity index (χ0) is 14.6. The normalized spacial score (nSPS) is 14.7.